The second-order valence-corrected chi connectivity index (χ2v) is 8.73. The molecule has 36 heavy (non-hydrogen) atoms. The number of amides is 1. The first-order valence-corrected chi connectivity index (χ1v) is 11.3. The lowest BCUT2D eigenvalue weighted by molar-refractivity contribution is -0.274. The highest BCUT2D eigenvalue weighted by Crippen LogP contribution is 2.36. The summed E-state index contributed by atoms with van der Waals surface area (Å²) in [4.78, 5) is 28.9. The number of aryl methyl sites for hydroxylation is 1. The summed E-state index contributed by atoms with van der Waals surface area (Å²) >= 11 is 0. The number of ether oxygens (including phenoxy) is 1. The van der Waals surface area contributed by atoms with Gasteiger partial charge in [0.1, 0.15) is 0 Å². The first-order chi connectivity index (χ1) is 17.2. The van der Waals surface area contributed by atoms with Crippen LogP contribution in [0.5, 0.6) is 5.75 Å². The predicted molar refractivity (Wildman–Crippen MR) is 130 cm³/mol. The second kappa shape index (κ2) is 9.23. The lowest BCUT2D eigenvalue weighted by Gasteiger charge is -2.34. The number of likely N-dealkylation sites (N-methyl/N-ethyl adjacent to an activating group) is 1. The van der Waals surface area contributed by atoms with Gasteiger partial charge in [-0.05, 0) is 43.8 Å². The van der Waals surface area contributed by atoms with E-state index in [1.807, 2.05) is 20.0 Å². The second-order valence-electron chi connectivity index (χ2n) is 8.73. The van der Waals surface area contributed by atoms with E-state index in [0.29, 0.717) is 16.8 Å². The first kappa shape index (κ1) is 23.7. The fourth-order valence-electron chi connectivity index (χ4n) is 4.20. The number of carbonyl (C=O) groups excluding carboxylic acids is 1. The molecule has 11 heteroatoms. The van der Waals surface area contributed by atoms with Gasteiger partial charge >= 0.3 is 6.36 Å². The molecule has 1 amide bonds. The van der Waals surface area contributed by atoms with Gasteiger partial charge in [0.15, 0.2) is 5.75 Å². The fourth-order valence-corrected chi connectivity index (χ4v) is 4.20. The van der Waals surface area contributed by atoms with Gasteiger partial charge in [0.25, 0.3) is 5.91 Å². The molecule has 3 heterocycles. The number of carbonyl (C=O) groups is 1. The maximum absolute atomic E-state index is 13.1. The highest BCUT2D eigenvalue weighted by atomic mass is 19.4. The maximum atomic E-state index is 13.1. The standard InChI is InChI=1S/C25H23F3N6O2/c1-15-13-30-24(32-22(15)16-3-4-17-14-29-23(35)19(17)11-16)31-20-12-18(34-9-7-33(2)8-10-34)5-6-21(20)36-25(26,27)28/h3-6,11-14H,7-10H2,1-2H3,(H,30,31,32). The van der Waals surface area contributed by atoms with Gasteiger partial charge in [-0.2, -0.15) is 0 Å². The van der Waals surface area contributed by atoms with Gasteiger partial charge in [-0.1, -0.05) is 12.1 Å². The number of anilines is 3. The van der Waals surface area contributed by atoms with E-state index in [-0.39, 0.29) is 23.3 Å². The average Bonchev–Trinajstić information content (AvgIpc) is 3.21. The number of halogens is 3. The van der Waals surface area contributed by atoms with Crippen LogP contribution in [0.3, 0.4) is 0 Å². The smallest absolute Gasteiger partial charge is 0.404 e. The molecule has 5 rings (SSSR count). The summed E-state index contributed by atoms with van der Waals surface area (Å²) < 4.78 is 43.6. The zero-order valence-corrected chi connectivity index (χ0v) is 19.6. The van der Waals surface area contributed by atoms with Crippen LogP contribution in [0.25, 0.3) is 11.3 Å². The van der Waals surface area contributed by atoms with Crippen LogP contribution in [0.1, 0.15) is 21.5 Å². The molecule has 0 spiro atoms. The third-order valence-corrected chi connectivity index (χ3v) is 6.15. The molecule has 0 saturated carbocycles. The fraction of sp³-hybridized carbons (Fsp3) is 0.280. The number of nitrogens with zero attached hydrogens (tertiary/aromatic N) is 5. The number of hydrogen-bond acceptors (Lipinski definition) is 7. The minimum absolute atomic E-state index is 0.0936. The number of aliphatic imine (C=N–C) groups is 1. The van der Waals surface area contributed by atoms with Gasteiger partial charge in [0, 0.05) is 55.4 Å². The van der Waals surface area contributed by atoms with Gasteiger partial charge < -0.3 is 19.9 Å². The van der Waals surface area contributed by atoms with Crippen molar-refractivity contribution < 1.29 is 22.7 Å². The molecule has 3 aromatic rings. The van der Waals surface area contributed by atoms with Crippen LogP contribution < -0.4 is 15.0 Å². The Morgan fingerprint density at radius 1 is 1.06 bits per heavy atom. The van der Waals surface area contributed by atoms with Crippen molar-refractivity contribution in [1.29, 1.82) is 0 Å². The number of hydrogen-bond donors (Lipinski definition) is 1. The minimum atomic E-state index is -4.86. The lowest BCUT2D eigenvalue weighted by Crippen LogP contribution is -2.44. The first-order valence-electron chi connectivity index (χ1n) is 11.3. The number of rotatable bonds is 5. The predicted octanol–water partition coefficient (Wildman–Crippen LogP) is 4.42. The average molecular weight is 496 g/mol. The van der Waals surface area contributed by atoms with E-state index in [2.05, 4.69) is 34.8 Å². The van der Waals surface area contributed by atoms with Crippen molar-refractivity contribution in [2.24, 2.45) is 4.99 Å². The number of benzene rings is 2. The van der Waals surface area contributed by atoms with Crippen LogP contribution in [-0.4, -0.2) is 66.6 Å². The molecular weight excluding hydrogens is 473 g/mol. The quantitative estimate of drug-likeness (QED) is 0.560. The van der Waals surface area contributed by atoms with Crippen LogP contribution in [0.2, 0.25) is 0 Å². The normalized spacial score (nSPS) is 15.8. The summed E-state index contributed by atoms with van der Waals surface area (Å²) in [6, 6.07) is 9.82. The molecule has 1 saturated heterocycles. The summed E-state index contributed by atoms with van der Waals surface area (Å²) in [5.41, 5.74) is 4.02. The van der Waals surface area contributed by atoms with Gasteiger partial charge in [0.05, 0.1) is 16.9 Å². The van der Waals surface area contributed by atoms with Crippen LogP contribution in [0.4, 0.5) is 30.5 Å². The summed E-state index contributed by atoms with van der Waals surface area (Å²) in [7, 11) is 2.03. The molecular formula is C25H23F3N6O2. The Hall–Kier alpha value is -3.99. The Kier molecular flexibility index (Phi) is 6.09. The van der Waals surface area contributed by atoms with Crippen molar-refractivity contribution in [1.82, 2.24) is 14.9 Å². The molecule has 2 aliphatic heterocycles. The Morgan fingerprint density at radius 2 is 1.83 bits per heavy atom. The van der Waals surface area contributed by atoms with E-state index in [1.165, 1.54) is 12.3 Å². The van der Waals surface area contributed by atoms with E-state index in [9.17, 15) is 18.0 Å². The van der Waals surface area contributed by atoms with Crippen molar-refractivity contribution in [2.45, 2.75) is 13.3 Å². The highest BCUT2D eigenvalue weighted by molar-refractivity contribution is 6.13. The number of piperazine rings is 1. The third kappa shape index (κ3) is 5.01. The Balaban J connectivity index is 1.48. The molecule has 0 radical (unpaired) electrons. The molecule has 8 nitrogen and oxygen atoms in total. The van der Waals surface area contributed by atoms with Crippen molar-refractivity contribution >= 4 is 29.4 Å². The Labute approximate surface area is 205 Å². The molecule has 2 aromatic carbocycles. The number of aromatic nitrogens is 2. The Bertz CT molecular complexity index is 1350. The molecule has 0 bridgehead atoms. The number of fused-ring (bicyclic) bond motifs is 1. The summed E-state index contributed by atoms with van der Waals surface area (Å²) in [5.74, 6) is -0.612. The van der Waals surface area contributed by atoms with Crippen LogP contribution >= 0.6 is 0 Å². The highest BCUT2D eigenvalue weighted by Gasteiger charge is 2.32. The largest absolute Gasteiger partial charge is 0.573 e. The van der Waals surface area contributed by atoms with Crippen LogP contribution in [-0.2, 0) is 0 Å². The minimum Gasteiger partial charge on any atom is -0.404 e. The number of nitrogens with one attached hydrogen (secondary N) is 1. The van der Waals surface area contributed by atoms with Crippen molar-refractivity contribution in [3.8, 4) is 17.0 Å². The summed E-state index contributed by atoms with van der Waals surface area (Å²) in [6.07, 6.45) is -1.77. The molecule has 2 aliphatic rings. The molecule has 1 aromatic heterocycles. The van der Waals surface area contributed by atoms with Crippen LogP contribution in [0.15, 0.2) is 47.6 Å². The van der Waals surface area contributed by atoms with Crippen LogP contribution in [0, 0.1) is 6.92 Å². The Morgan fingerprint density at radius 3 is 2.58 bits per heavy atom. The van der Waals surface area contributed by atoms with Gasteiger partial charge in [0.2, 0.25) is 5.95 Å². The van der Waals surface area contributed by atoms with Crippen molar-refractivity contribution in [3.63, 3.8) is 0 Å². The monoisotopic (exact) mass is 496 g/mol. The van der Waals surface area contributed by atoms with E-state index in [4.69, 9.17) is 0 Å². The summed E-state index contributed by atoms with van der Waals surface area (Å²) in [6.45, 7) is 5.02. The van der Waals surface area contributed by atoms with E-state index < -0.39 is 6.36 Å². The number of alkyl halides is 3. The maximum Gasteiger partial charge on any atom is 0.573 e. The van der Waals surface area contributed by atoms with Crippen molar-refractivity contribution in [2.75, 3.05) is 43.4 Å². The molecule has 1 N–H and O–H groups in total. The zero-order chi connectivity index (χ0) is 25.4. The van der Waals surface area contributed by atoms with Gasteiger partial charge in [-0.3, -0.25) is 4.79 Å². The van der Waals surface area contributed by atoms with E-state index in [0.717, 1.165) is 43.0 Å². The third-order valence-electron chi connectivity index (χ3n) is 6.15. The van der Waals surface area contributed by atoms with E-state index in [1.54, 1.807) is 30.5 Å². The van der Waals surface area contributed by atoms with Gasteiger partial charge in [-0.15, -0.1) is 13.2 Å². The molecule has 186 valence electrons. The van der Waals surface area contributed by atoms with Crippen molar-refractivity contribution in [3.05, 3.63) is 59.3 Å². The van der Waals surface area contributed by atoms with E-state index >= 15 is 0 Å². The summed E-state index contributed by atoms with van der Waals surface area (Å²) in [5, 5.41) is 2.91. The topological polar surface area (TPSA) is 83.0 Å². The SMILES string of the molecule is Cc1cnc(Nc2cc(N3CCN(C)CC3)ccc2OC(F)(F)F)nc1-c1ccc2c(c1)C(=O)N=C2. The molecule has 0 unspecified atom stereocenters. The molecule has 1 fully saturated rings. The zero-order valence-electron chi connectivity index (χ0n) is 19.6. The molecule has 0 atom stereocenters. The lowest BCUT2D eigenvalue weighted by atomic mass is 10.0. The van der Waals surface area contributed by atoms with Gasteiger partial charge in [-0.25, -0.2) is 15.0 Å². The molecule has 0 aliphatic carbocycles.